The van der Waals surface area contributed by atoms with Crippen LogP contribution in [-0.2, 0) is 14.4 Å². The number of unbranched alkanes of at least 4 members (excludes halogenated alkanes) is 1. The number of rotatable bonds is 8. The number of carbonyl (C=O) groups is 3. The van der Waals surface area contributed by atoms with Gasteiger partial charge in [0.2, 0.25) is 11.8 Å². The molecule has 0 bridgehead atoms. The molecule has 23 heavy (non-hydrogen) atoms. The van der Waals surface area contributed by atoms with E-state index >= 15 is 0 Å². The minimum absolute atomic E-state index is 0.214. The first-order chi connectivity index (χ1) is 11.0. The van der Waals surface area contributed by atoms with Crippen molar-refractivity contribution in [2.75, 3.05) is 13.1 Å². The maximum absolute atomic E-state index is 12.8. The first-order valence-corrected chi connectivity index (χ1v) is 8.18. The molecule has 3 atom stereocenters. The van der Waals surface area contributed by atoms with Crippen molar-refractivity contribution >= 4 is 17.7 Å². The van der Waals surface area contributed by atoms with Crippen LogP contribution in [0.3, 0.4) is 0 Å². The second-order valence-corrected chi connectivity index (χ2v) is 5.75. The molecule has 1 fully saturated rings. The highest BCUT2D eigenvalue weighted by molar-refractivity contribution is 5.92. The molecule has 1 rings (SSSR count). The van der Waals surface area contributed by atoms with Crippen LogP contribution >= 0.6 is 0 Å². The SMILES string of the molecule is CCCCC(C(=O)N1CCCC1C(=O)NCC)C(O)C(=O)NO. The minimum atomic E-state index is -1.63. The predicted octanol–water partition coefficient (Wildman–Crippen LogP) is -0.214. The predicted molar refractivity (Wildman–Crippen MR) is 82.4 cm³/mol. The molecular weight excluding hydrogens is 302 g/mol. The highest BCUT2D eigenvalue weighted by atomic mass is 16.5. The van der Waals surface area contributed by atoms with Crippen molar-refractivity contribution < 1.29 is 24.7 Å². The van der Waals surface area contributed by atoms with Crippen LogP contribution < -0.4 is 10.8 Å². The van der Waals surface area contributed by atoms with Gasteiger partial charge in [-0.05, 0) is 26.2 Å². The van der Waals surface area contributed by atoms with Crippen LogP contribution in [0.1, 0.15) is 46.0 Å². The van der Waals surface area contributed by atoms with Crippen LogP contribution in [0.4, 0.5) is 0 Å². The van der Waals surface area contributed by atoms with Gasteiger partial charge in [0, 0.05) is 13.1 Å². The standard InChI is InChI=1S/C15H27N3O5/c1-3-5-7-10(12(19)14(21)17-23)15(22)18-9-6-8-11(18)13(20)16-4-2/h10-12,19,23H,3-9H2,1-2H3,(H,16,20)(H,17,21). The van der Waals surface area contributed by atoms with Gasteiger partial charge in [0.05, 0.1) is 5.92 Å². The van der Waals surface area contributed by atoms with E-state index in [0.29, 0.717) is 38.8 Å². The van der Waals surface area contributed by atoms with Crippen molar-refractivity contribution in [2.45, 2.75) is 58.1 Å². The average molecular weight is 329 g/mol. The Bertz CT molecular complexity index is 429. The number of hydrogen-bond donors (Lipinski definition) is 4. The largest absolute Gasteiger partial charge is 0.382 e. The first-order valence-electron chi connectivity index (χ1n) is 8.18. The third kappa shape index (κ3) is 4.90. The topological polar surface area (TPSA) is 119 Å². The minimum Gasteiger partial charge on any atom is -0.382 e. The highest BCUT2D eigenvalue weighted by Gasteiger charge is 2.40. The van der Waals surface area contributed by atoms with Crippen molar-refractivity contribution in [1.29, 1.82) is 0 Å². The summed E-state index contributed by atoms with van der Waals surface area (Å²) in [5.74, 6) is -2.60. The molecule has 0 aromatic heterocycles. The maximum Gasteiger partial charge on any atom is 0.272 e. The molecule has 0 aromatic carbocycles. The zero-order valence-corrected chi connectivity index (χ0v) is 13.7. The smallest absolute Gasteiger partial charge is 0.272 e. The van der Waals surface area contributed by atoms with E-state index in [2.05, 4.69) is 5.32 Å². The Balaban J connectivity index is 2.89. The molecule has 1 heterocycles. The Morgan fingerprint density at radius 1 is 1.30 bits per heavy atom. The van der Waals surface area contributed by atoms with Gasteiger partial charge in [-0.2, -0.15) is 0 Å². The number of amides is 3. The lowest BCUT2D eigenvalue weighted by atomic mass is 9.93. The van der Waals surface area contributed by atoms with Crippen molar-refractivity contribution in [3.8, 4) is 0 Å². The first kappa shape index (κ1) is 19.4. The summed E-state index contributed by atoms with van der Waals surface area (Å²) >= 11 is 0. The highest BCUT2D eigenvalue weighted by Crippen LogP contribution is 2.24. The zero-order chi connectivity index (χ0) is 17.4. The van der Waals surface area contributed by atoms with Crippen LogP contribution in [0.15, 0.2) is 0 Å². The third-order valence-electron chi connectivity index (χ3n) is 4.14. The lowest BCUT2D eigenvalue weighted by Gasteiger charge is -2.29. The van der Waals surface area contributed by atoms with E-state index in [4.69, 9.17) is 5.21 Å². The molecule has 8 nitrogen and oxygen atoms in total. The molecule has 3 amide bonds. The summed E-state index contributed by atoms with van der Waals surface area (Å²) < 4.78 is 0. The number of hydroxylamine groups is 1. The summed E-state index contributed by atoms with van der Waals surface area (Å²) in [5.41, 5.74) is 1.38. The second-order valence-electron chi connectivity index (χ2n) is 5.75. The third-order valence-corrected chi connectivity index (χ3v) is 4.14. The fraction of sp³-hybridized carbons (Fsp3) is 0.800. The fourth-order valence-electron chi connectivity index (χ4n) is 2.90. The summed E-state index contributed by atoms with van der Waals surface area (Å²) in [6.45, 7) is 4.65. The molecule has 0 saturated carbocycles. The molecule has 1 saturated heterocycles. The molecule has 8 heteroatoms. The normalized spacial score (nSPS) is 20.0. The van der Waals surface area contributed by atoms with E-state index in [1.165, 1.54) is 10.4 Å². The average Bonchev–Trinajstić information content (AvgIpc) is 3.03. The van der Waals surface area contributed by atoms with Gasteiger partial charge in [-0.25, -0.2) is 5.48 Å². The molecule has 1 aliphatic rings. The summed E-state index contributed by atoms with van der Waals surface area (Å²) in [5, 5.41) is 21.4. The number of carbonyl (C=O) groups excluding carboxylic acids is 3. The molecule has 0 radical (unpaired) electrons. The molecular formula is C15H27N3O5. The van der Waals surface area contributed by atoms with E-state index in [1.807, 2.05) is 6.92 Å². The lowest BCUT2D eigenvalue weighted by Crippen LogP contribution is -2.51. The lowest BCUT2D eigenvalue weighted by molar-refractivity contribution is -0.152. The Morgan fingerprint density at radius 2 is 2.00 bits per heavy atom. The van der Waals surface area contributed by atoms with E-state index in [-0.39, 0.29) is 5.91 Å². The van der Waals surface area contributed by atoms with Gasteiger partial charge in [-0.15, -0.1) is 0 Å². The van der Waals surface area contributed by atoms with Crippen molar-refractivity contribution in [3.05, 3.63) is 0 Å². The van der Waals surface area contributed by atoms with E-state index in [1.54, 1.807) is 6.92 Å². The maximum atomic E-state index is 12.8. The Labute approximate surface area is 136 Å². The molecule has 132 valence electrons. The summed E-state index contributed by atoms with van der Waals surface area (Å²) in [7, 11) is 0. The van der Waals surface area contributed by atoms with Crippen LogP contribution in [0.25, 0.3) is 0 Å². The number of likely N-dealkylation sites (tertiary alicyclic amines) is 1. The van der Waals surface area contributed by atoms with E-state index in [0.717, 1.165) is 6.42 Å². The zero-order valence-electron chi connectivity index (χ0n) is 13.7. The van der Waals surface area contributed by atoms with Gasteiger partial charge >= 0.3 is 0 Å². The molecule has 3 unspecified atom stereocenters. The number of hydrogen-bond acceptors (Lipinski definition) is 5. The Hall–Kier alpha value is -1.67. The molecule has 0 aliphatic carbocycles. The van der Waals surface area contributed by atoms with Crippen LogP contribution in [-0.4, -0.2) is 58.2 Å². The number of aliphatic hydroxyl groups excluding tert-OH is 1. The fourth-order valence-corrected chi connectivity index (χ4v) is 2.90. The van der Waals surface area contributed by atoms with Gasteiger partial charge < -0.3 is 15.3 Å². The van der Waals surface area contributed by atoms with E-state index < -0.39 is 29.9 Å². The van der Waals surface area contributed by atoms with E-state index in [9.17, 15) is 19.5 Å². The summed E-state index contributed by atoms with van der Waals surface area (Å²) in [6, 6.07) is -0.559. The van der Waals surface area contributed by atoms with Crippen LogP contribution in [0.5, 0.6) is 0 Å². The molecule has 0 spiro atoms. The molecule has 1 aliphatic heterocycles. The van der Waals surface area contributed by atoms with Crippen molar-refractivity contribution in [2.24, 2.45) is 5.92 Å². The van der Waals surface area contributed by atoms with Gasteiger partial charge in [0.15, 0.2) is 0 Å². The Morgan fingerprint density at radius 3 is 2.57 bits per heavy atom. The number of aliphatic hydroxyl groups is 1. The second kappa shape index (κ2) is 9.46. The van der Waals surface area contributed by atoms with Gasteiger partial charge in [0.25, 0.3) is 5.91 Å². The van der Waals surface area contributed by atoms with Crippen molar-refractivity contribution in [1.82, 2.24) is 15.7 Å². The van der Waals surface area contributed by atoms with Gasteiger partial charge in [0.1, 0.15) is 12.1 Å². The van der Waals surface area contributed by atoms with Crippen LogP contribution in [0, 0.1) is 5.92 Å². The molecule has 0 aromatic rings. The summed E-state index contributed by atoms with van der Waals surface area (Å²) in [4.78, 5) is 37.8. The quantitative estimate of drug-likeness (QED) is 0.363. The van der Waals surface area contributed by atoms with Crippen molar-refractivity contribution in [3.63, 3.8) is 0 Å². The van der Waals surface area contributed by atoms with Gasteiger partial charge in [-0.3, -0.25) is 19.6 Å². The monoisotopic (exact) mass is 329 g/mol. The number of likely N-dealkylation sites (N-methyl/N-ethyl adjacent to an activating group) is 1. The molecule has 4 N–H and O–H groups in total. The Kier molecular flexibility index (Phi) is 7.97. The van der Waals surface area contributed by atoms with Crippen LogP contribution in [0.2, 0.25) is 0 Å². The number of nitrogens with one attached hydrogen (secondary N) is 2. The summed E-state index contributed by atoms with van der Waals surface area (Å²) in [6.07, 6.45) is 1.43. The van der Waals surface area contributed by atoms with Gasteiger partial charge in [-0.1, -0.05) is 19.8 Å². The number of nitrogens with zero attached hydrogens (tertiary/aromatic N) is 1.